The van der Waals surface area contributed by atoms with Crippen molar-refractivity contribution < 1.29 is 14.3 Å². The number of pyridine rings is 1. The molecule has 6 nitrogen and oxygen atoms in total. The number of benzene rings is 2. The Labute approximate surface area is 205 Å². The summed E-state index contributed by atoms with van der Waals surface area (Å²) in [6.07, 6.45) is 3.65. The summed E-state index contributed by atoms with van der Waals surface area (Å²) in [5.74, 6) is -0.524. The average molecular weight is 468 g/mol. The molecule has 2 atom stereocenters. The van der Waals surface area contributed by atoms with Crippen LogP contribution in [0, 0.1) is 5.41 Å². The first-order valence-electron chi connectivity index (χ1n) is 11.9. The van der Waals surface area contributed by atoms with E-state index in [2.05, 4.69) is 4.98 Å². The van der Waals surface area contributed by atoms with Gasteiger partial charge in [0.25, 0.3) is 5.91 Å². The maximum atomic E-state index is 13.6. The molecule has 3 heterocycles. The van der Waals surface area contributed by atoms with Gasteiger partial charge in [-0.3, -0.25) is 9.78 Å². The van der Waals surface area contributed by atoms with Gasteiger partial charge in [-0.15, -0.1) is 0 Å². The molecule has 6 heteroatoms. The molecule has 0 saturated carbocycles. The van der Waals surface area contributed by atoms with Crippen molar-refractivity contribution in [3.8, 4) is 0 Å². The molecule has 5 rings (SSSR count). The maximum absolute atomic E-state index is 13.6. The second-order valence-corrected chi connectivity index (χ2v) is 9.85. The number of esters is 1. The van der Waals surface area contributed by atoms with E-state index in [0.29, 0.717) is 24.2 Å². The van der Waals surface area contributed by atoms with Gasteiger partial charge in [0.2, 0.25) is 0 Å². The highest BCUT2D eigenvalue weighted by Crippen LogP contribution is 2.50. The van der Waals surface area contributed by atoms with E-state index < -0.39 is 17.6 Å². The lowest BCUT2D eigenvalue weighted by atomic mass is 9.83. The summed E-state index contributed by atoms with van der Waals surface area (Å²) >= 11 is 0. The van der Waals surface area contributed by atoms with Crippen LogP contribution in [0.15, 0.2) is 84.6 Å². The molecule has 1 aromatic heterocycles. The number of nitrogens with zero attached hydrogens (tertiary/aromatic N) is 2. The van der Waals surface area contributed by atoms with Gasteiger partial charge in [0, 0.05) is 18.3 Å². The van der Waals surface area contributed by atoms with Crippen LogP contribution in [0.25, 0.3) is 6.08 Å². The summed E-state index contributed by atoms with van der Waals surface area (Å²) in [4.78, 5) is 32.9. The van der Waals surface area contributed by atoms with E-state index in [4.69, 9.17) is 10.5 Å². The molecule has 1 amide bonds. The van der Waals surface area contributed by atoms with E-state index in [1.807, 2.05) is 92.7 Å². The van der Waals surface area contributed by atoms with E-state index in [-0.39, 0.29) is 17.9 Å². The number of ether oxygens (including phenoxy) is 1. The largest absolute Gasteiger partial charge is 0.451 e. The van der Waals surface area contributed by atoms with Crippen LogP contribution in [0.2, 0.25) is 0 Å². The zero-order chi connectivity index (χ0) is 24.6. The Bertz CT molecular complexity index is 1230. The Morgan fingerprint density at radius 2 is 1.74 bits per heavy atom. The number of hydrogen-bond acceptors (Lipinski definition) is 5. The van der Waals surface area contributed by atoms with Gasteiger partial charge in [0.15, 0.2) is 6.10 Å². The van der Waals surface area contributed by atoms with Crippen LogP contribution in [0.5, 0.6) is 0 Å². The quantitative estimate of drug-likeness (QED) is 0.333. The zero-order valence-corrected chi connectivity index (χ0v) is 19.9. The van der Waals surface area contributed by atoms with Crippen LogP contribution in [0.4, 0.5) is 0 Å². The second-order valence-electron chi connectivity index (χ2n) is 9.85. The van der Waals surface area contributed by atoms with Crippen LogP contribution >= 0.6 is 0 Å². The van der Waals surface area contributed by atoms with Gasteiger partial charge < -0.3 is 15.4 Å². The van der Waals surface area contributed by atoms with Crippen LogP contribution in [0.3, 0.4) is 0 Å². The summed E-state index contributed by atoms with van der Waals surface area (Å²) in [5, 5.41) is 0. The van der Waals surface area contributed by atoms with E-state index in [0.717, 1.165) is 16.7 Å². The summed E-state index contributed by atoms with van der Waals surface area (Å²) < 4.78 is 6.15. The zero-order valence-electron chi connectivity index (χ0n) is 19.9. The van der Waals surface area contributed by atoms with Crippen molar-refractivity contribution in [1.82, 2.24) is 9.88 Å². The summed E-state index contributed by atoms with van der Waals surface area (Å²) in [6, 6.07) is 22.3. The fourth-order valence-electron chi connectivity index (χ4n) is 5.22. The minimum atomic E-state index is -0.657. The van der Waals surface area contributed by atoms with E-state index in [1.54, 1.807) is 11.1 Å². The molecule has 0 radical (unpaired) electrons. The smallest absolute Gasteiger partial charge is 0.330 e. The van der Waals surface area contributed by atoms with Crippen molar-refractivity contribution in [3.63, 3.8) is 0 Å². The number of β-lactam (4-membered cyclic amide) rings is 1. The number of carbonyl (C=O) groups excluding carboxylic acids is 2. The molecular weight excluding hydrogens is 438 g/mol. The first-order valence-corrected chi connectivity index (χ1v) is 11.9. The predicted molar refractivity (Wildman–Crippen MR) is 134 cm³/mol. The molecule has 2 fully saturated rings. The Balaban J connectivity index is 1.41. The van der Waals surface area contributed by atoms with Gasteiger partial charge in [-0.25, -0.2) is 4.79 Å². The Kier molecular flexibility index (Phi) is 5.99. The Morgan fingerprint density at radius 1 is 1.11 bits per heavy atom. The first kappa shape index (κ1) is 23.0. The van der Waals surface area contributed by atoms with Gasteiger partial charge in [-0.05, 0) is 46.7 Å². The third kappa shape index (κ3) is 4.26. The molecule has 0 bridgehead atoms. The van der Waals surface area contributed by atoms with Gasteiger partial charge in [-0.1, -0.05) is 74.5 Å². The second kappa shape index (κ2) is 9.12. The molecule has 2 aliphatic rings. The number of fused-ring (bicyclic) bond motifs is 1. The standard InChI is InChI=1S/C29H29N3O3/c1-29(2)17-24-23(16-22-15-19(18-30)13-14-31-22)27(33)32(24)26(29)28(34)35-25(20-9-5-3-6-10-20)21-11-7-4-8-12-21/h3-16,24-26H,17-18,30H2,1-2H3/b23-16+/t24?,26-/m0/s1. The fourth-order valence-corrected chi connectivity index (χ4v) is 5.22. The van der Waals surface area contributed by atoms with Gasteiger partial charge in [0.05, 0.1) is 11.7 Å². The van der Waals surface area contributed by atoms with E-state index >= 15 is 0 Å². The van der Waals surface area contributed by atoms with Crippen LogP contribution < -0.4 is 5.73 Å². The molecule has 1 unspecified atom stereocenters. The predicted octanol–water partition coefficient (Wildman–Crippen LogP) is 4.27. The van der Waals surface area contributed by atoms with Crippen LogP contribution in [0.1, 0.15) is 48.8 Å². The summed E-state index contributed by atoms with van der Waals surface area (Å²) in [7, 11) is 0. The summed E-state index contributed by atoms with van der Waals surface area (Å²) in [6.45, 7) is 4.46. The molecule has 0 spiro atoms. The lowest BCUT2D eigenvalue weighted by Gasteiger charge is -2.41. The normalized spacial score (nSPS) is 21.7. The molecule has 2 saturated heterocycles. The van der Waals surface area contributed by atoms with Crippen molar-refractivity contribution in [2.45, 2.75) is 45.0 Å². The molecule has 2 N–H and O–H groups in total. The molecule has 2 aromatic carbocycles. The van der Waals surface area contributed by atoms with E-state index in [9.17, 15) is 9.59 Å². The van der Waals surface area contributed by atoms with Gasteiger partial charge >= 0.3 is 5.97 Å². The number of rotatable bonds is 6. The van der Waals surface area contributed by atoms with Gasteiger partial charge in [-0.2, -0.15) is 0 Å². The maximum Gasteiger partial charge on any atom is 0.330 e. The third-order valence-corrected chi connectivity index (χ3v) is 6.96. The Hall–Kier alpha value is -3.77. The van der Waals surface area contributed by atoms with Crippen molar-refractivity contribution in [1.29, 1.82) is 0 Å². The number of hydrogen-bond donors (Lipinski definition) is 1. The molecule has 3 aromatic rings. The summed E-state index contributed by atoms with van der Waals surface area (Å²) in [5.41, 5.74) is 9.43. The highest BCUT2D eigenvalue weighted by atomic mass is 16.5. The number of aromatic nitrogens is 1. The minimum absolute atomic E-state index is 0.134. The van der Waals surface area contributed by atoms with Crippen molar-refractivity contribution >= 4 is 18.0 Å². The number of nitrogens with two attached hydrogens (primary N) is 1. The van der Waals surface area contributed by atoms with Crippen molar-refractivity contribution in [2.75, 3.05) is 0 Å². The average Bonchev–Trinajstić information content (AvgIpc) is 3.14. The van der Waals surface area contributed by atoms with E-state index in [1.165, 1.54) is 0 Å². The fraction of sp³-hybridized carbons (Fsp3) is 0.276. The lowest BCUT2D eigenvalue weighted by Crippen LogP contribution is -2.58. The third-order valence-electron chi connectivity index (χ3n) is 6.96. The number of amides is 1. The minimum Gasteiger partial charge on any atom is -0.451 e. The topological polar surface area (TPSA) is 85.5 Å². The molecule has 178 valence electrons. The molecule has 35 heavy (non-hydrogen) atoms. The molecule has 2 aliphatic heterocycles. The van der Waals surface area contributed by atoms with Crippen LogP contribution in [-0.2, 0) is 20.9 Å². The number of carbonyl (C=O) groups is 2. The first-order chi connectivity index (χ1) is 16.9. The molecular formula is C29H29N3O3. The van der Waals surface area contributed by atoms with Gasteiger partial charge in [0.1, 0.15) is 6.04 Å². The SMILES string of the molecule is CC1(C)CC2/C(=C\c3cc(CN)ccn3)C(=O)N2[C@H]1C(=O)OC(c1ccccc1)c1ccccc1. The van der Waals surface area contributed by atoms with Crippen LogP contribution in [-0.4, -0.2) is 33.8 Å². The highest BCUT2D eigenvalue weighted by molar-refractivity contribution is 6.08. The van der Waals surface area contributed by atoms with Crippen molar-refractivity contribution in [2.24, 2.45) is 11.1 Å². The monoisotopic (exact) mass is 467 g/mol. The lowest BCUT2D eigenvalue weighted by molar-refractivity contribution is -0.162. The van der Waals surface area contributed by atoms with Crippen molar-refractivity contribution in [3.05, 3.63) is 107 Å². The molecule has 0 aliphatic carbocycles. The highest BCUT2D eigenvalue weighted by Gasteiger charge is 2.61. The Morgan fingerprint density at radius 3 is 2.34 bits per heavy atom.